The second-order valence-electron chi connectivity index (χ2n) is 3.90. The first-order valence-electron chi connectivity index (χ1n) is 5.49. The van der Waals surface area contributed by atoms with Gasteiger partial charge in [0.05, 0.1) is 10.6 Å². The number of thiazole rings is 1. The van der Waals surface area contributed by atoms with E-state index in [9.17, 15) is 10.1 Å². The lowest BCUT2D eigenvalue weighted by Gasteiger charge is -2.04. The lowest BCUT2D eigenvalue weighted by atomic mass is 10.2. The standard InChI is InChI=1S/C12H13N3O2S/c1-8(13-2)11-7-18-12(14-11)9-4-3-5-10(6-9)15(16)17/h3-8,13H,1-2H3. The van der Waals surface area contributed by atoms with Gasteiger partial charge in [0, 0.05) is 29.1 Å². The molecule has 0 aliphatic rings. The normalized spacial score (nSPS) is 12.3. The first-order valence-corrected chi connectivity index (χ1v) is 6.37. The summed E-state index contributed by atoms with van der Waals surface area (Å²) in [7, 11) is 1.87. The molecule has 0 saturated carbocycles. The highest BCUT2D eigenvalue weighted by Crippen LogP contribution is 2.28. The quantitative estimate of drug-likeness (QED) is 0.680. The second-order valence-corrected chi connectivity index (χ2v) is 4.75. The highest BCUT2D eigenvalue weighted by molar-refractivity contribution is 7.13. The summed E-state index contributed by atoms with van der Waals surface area (Å²) in [4.78, 5) is 14.8. The molecule has 6 heteroatoms. The van der Waals surface area contributed by atoms with Gasteiger partial charge in [0.1, 0.15) is 5.01 Å². The number of nitro groups is 1. The molecule has 2 aromatic rings. The molecule has 0 amide bonds. The molecule has 0 aliphatic heterocycles. The highest BCUT2D eigenvalue weighted by Gasteiger charge is 2.12. The number of non-ortho nitro benzene ring substituents is 1. The summed E-state index contributed by atoms with van der Waals surface area (Å²) in [6.07, 6.45) is 0. The lowest BCUT2D eigenvalue weighted by molar-refractivity contribution is -0.384. The maximum atomic E-state index is 10.7. The Morgan fingerprint density at radius 2 is 2.28 bits per heavy atom. The summed E-state index contributed by atoms with van der Waals surface area (Å²) < 4.78 is 0. The zero-order chi connectivity index (χ0) is 13.1. The molecular weight excluding hydrogens is 250 g/mol. The first-order chi connectivity index (χ1) is 8.61. The van der Waals surface area contributed by atoms with E-state index in [2.05, 4.69) is 10.3 Å². The minimum absolute atomic E-state index is 0.0888. The Bertz CT molecular complexity index is 568. The van der Waals surface area contributed by atoms with E-state index >= 15 is 0 Å². The molecule has 5 nitrogen and oxygen atoms in total. The summed E-state index contributed by atoms with van der Waals surface area (Å²) >= 11 is 1.49. The van der Waals surface area contributed by atoms with E-state index in [1.165, 1.54) is 17.4 Å². The Kier molecular flexibility index (Phi) is 3.69. The Morgan fingerprint density at radius 3 is 2.94 bits per heavy atom. The van der Waals surface area contributed by atoms with E-state index in [1.54, 1.807) is 12.1 Å². The van der Waals surface area contributed by atoms with Gasteiger partial charge in [-0.2, -0.15) is 0 Å². The van der Waals surface area contributed by atoms with Gasteiger partial charge in [-0.15, -0.1) is 11.3 Å². The average Bonchev–Trinajstić information content (AvgIpc) is 2.87. The molecule has 1 aromatic heterocycles. The molecule has 0 bridgehead atoms. The molecule has 1 aromatic carbocycles. The molecule has 0 radical (unpaired) electrons. The number of nitrogens with one attached hydrogen (secondary N) is 1. The van der Waals surface area contributed by atoms with Gasteiger partial charge < -0.3 is 5.32 Å². The molecule has 94 valence electrons. The SMILES string of the molecule is CNC(C)c1csc(-c2cccc([N+](=O)[O-])c2)n1. The minimum atomic E-state index is -0.395. The van der Waals surface area contributed by atoms with Crippen molar-refractivity contribution in [2.45, 2.75) is 13.0 Å². The minimum Gasteiger partial charge on any atom is -0.312 e. The van der Waals surface area contributed by atoms with Crippen LogP contribution in [0.15, 0.2) is 29.6 Å². The number of nitrogens with zero attached hydrogens (tertiary/aromatic N) is 2. The predicted molar refractivity (Wildman–Crippen MR) is 71.7 cm³/mol. The molecule has 1 atom stereocenters. The van der Waals surface area contributed by atoms with Crippen LogP contribution >= 0.6 is 11.3 Å². The van der Waals surface area contributed by atoms with Gasteiger partial charge in [0.15, 0.2) is 0 Å². The Balaban J connectivity index is 2.34. The van der Waals surface area contributed by atoms with Crippen molar-refractivity contribution in [2.75, 3.05) is 7.05 Å². The van der Waals surface area contributed by atoms with Crippen LogP contribution < -0.4 is 5.32 Å². The van der Waals surface area contributed by atoms with Crippen molar-refractivity contribution in [3.8, 4) is 10.6 Å². The fourth-order valence-corrected chi connectivity index (χ4v) is 2.43. The monoisotopic (exact) mass is 263 g/mol. The third kappa shape index (κ3) is 2.55. The average molecular weight is 263 g/mol. The number of rotatable bonds is 4. The van der Waals surface area contributed by atoms with Crippen LogP contribution in [0.2, 0.25) is 0 Å². The fraction of sp³-hybridized carbons (Fsp3) is 0.250. The summed E-state index contributed by atoms with van der Waals surface area (Å²) in [6.45, 7) is 2.02. The van der Waals surface area contributed by atoms with Gasteiger partial charge in [-0.25, -0.2) is 4.98 Å². The van der Waals surface area contributed by atoms with Crippen LogP contribution in [0.3, 0.4) is 0 Å². The smallest absolute Gasteiger partial charge is 0.270 e. The topological polar surface area (TPSA) is 68.1 Å². The number of hydrogen-bond acceptors (Lipinski definition) is 5. The van der Waals surface area contributed by atoms with Crippen molar-refractivity contribution in [1.29, 1.82) is 0 Å². The van der Waals surface area contributed by atoms with Crippen LogP contribution in [0.1, 0.15) is 18.7 Å². The van der Waals surface area contributed by atoms with Crippen LogP contribution in [0.5, 0.6) is 0 Å². The summed E-state index contributed by atoms with van der Waals surface area (Å²) in [6, 6.07) is 6.71. The van der Waals surface area contributed by atoms with Crippen LogP contribution in [0.25, 0.3) is 10.6 Å². The number of hydrogen-bond donors (Lipinski definition) is 1. The van der Waals surface area contributed by atoms with Gasteiger partial charge in [-0.05, 0) is 14.0 Å². The van der Waals surface area contributed by atoms with Crippen molar-refractivity contribution in [2.24, 2.45) is 0 Å². The molecule has 2 rings (SSSR count). The molecule has 1 unspecified atom stereocenters. The summed E-state index contributed by atoms with van der Waals surface area (Å²) in [5.41, 5.74) is 1.82. The van der Waals surface area contributed by atoms with Crippen LogP contribution in [-0.2, 0) is 0 Å². The Morgan fingerprint density at radius 1 is 1.50 bits per heavy atom. The highest BCUT2D eigenvalue weighted by atomic mass is 32.1. The number of aromatic nitrogens is 1. The van der Waals surface area contributed by atoms with E-state index < -0.39 is 4.92 Å². The molecule has 0 aliphatic carbocycles. The van der Waals surface area contributed by atoms with Crippen molar-refractivity contribution in [3.63, 3.8) is 0 Å². The maximum absolute atomic E-state index is 10.7. The first kappa shape index (κ1) is 12.7. The van der Waals surface area contributed by atoms with Crippen LogP contribution in [0, 0.1) is 10.1 Å². The molecular formula is C12H13N3O2S. The number of benzene rings is 1. The van der Waals surface area contributed by atoms with Crippen LogP contribution in [0.4, 0.5) is 5.69 Å². The zero-order valence-electron chi connectivity index (χ0n) is 10.1. The second kappa shape index (κ2) is 5.24. The van der Waals surface area contributed by atoms with E-state index in [1.807, 2.05) is 25.4 Å². The maximum Gasteiger partial charge on any atom is 0.270 e. The van der Waals surface area contributed by atoms with Crippen molar-refractivity contribution in [3.05, 3.63) is 45.5 Å². The van der Waals surface area contributed by atoms with Gasteiger partial charge in [-0.3, -0.25) is 10.1 Å². The van der Waals surface area contributed by atoms with Crippen molar-refractivity contribution in [1.82, 2.24) is 10.3 Å². The van der Waals surface area contributed by atoms with E-state index in [-0.39, 0.29) is 11.7 Å². The summed E-state index contributed by atoms with van der Waals surface area (Å²) in [5, 5.41) is 16.6. The Labute approximate surface area is 109 Å². The molecule has 18 heavy (non-hydrogen) atoms. The van der Waals surface area contributed by atoms with Gasteiger partial charge >= 0.3 is 0 Å². The van der Waals surface area contributed by atoms with Gasteiger partial charge in [-0.1, -0.05) is 12.1 Å². The van der Waals surface area contributed by atoms with E-state index in [0.29, 0.717) is 0 Å². The molecule has 0 spiro atoms. The summed E-state index contributed by atoms with van der Waals surface area (Å²) in [5.74, 6) is 0. The van der Waals surface area contributed by atoms with E-state index in [0.717, 1.165) is 16.3 Å². The van der Waals surface area contributed by atoms with Crippen molar-refractivity contribution >= 4 is 17.0 Å². The molecule has 0 saturated heterocycles. The Hall–Kier alpha value is -1.79. The van der Waals surface area contributed by atoms with Gasteiger partial charge in [0.25, 0.3) is 5.69 Å². The lowest BCUT2D eigenvalue weighted by Crippen LogP contribution is -2.12. The molecule has 1 heterocycles. The molecule has 0 fully saturated rings. The third-order valence-electron chi connectivity index (χ3n) is 2.70. The van der Waals surface area contributed by atoms with Crippen LogP contribution in [-0.4, -0.2) is 17.0 Å². The van der Waals surface area contributed by atoms with Gasteiger partial charge in [0.2, 0.25) is 0 Å². The fourth-order valence-electron chi connectivity index (χ4n) is 1.52. The largest absolute Gasteiger partial charge is 0.312 e. The number of nitro benzene ring substituents is 1. The molecule has 1 N–H and O–H groups in total. The third-order valence-corrected chi connectivity index (χ3v) is 3.61. The zero-order valence-corrected chi connectivity index (χ0v) is 10.9. The van der Waals surface area contributed by atoms with E-state index in [4.69, 9.17) is 0 Å². The van der Waals surface area contributed by atoms with Crippen molar-refractivity contribution < 1.29 is 4.92 Å². The predicted octanol–water partition coefficient (Wildman–Crippen LogP) is 3.00.